The maximum atomic E-state index is 12.6. The lowest BCUT2D eigenvalue weighted by Crippen LogP contribution is -2.38. The average molecular weight is 335 g/mol. The van der Waals surface area contributed by atoms with Crippen molar-refractivity contribution in [1.29, 1.82) is 0 Å². The van der Waals surface area contributed by atoms with Gasteiger partial charge >= 0.3 is 11.9 Å². The van der Waals surface area contributed by atoms with Crippen LogP contribution in [0.15, 0.2) is 54.7 Å². The van der Waals surface area contributed by atoms with Gasteiger partial charge in [0.1, 0.15) is 5.75 Å². The maximum Gasteiger partial charge on any atom is 0.326 e. The number of methoxy groups -OCH3 is 1. The first-order valence-corrected chi connectivity index (χ1v) is 8.04. The predicted octanol–water partition coefficient (Wildman–Crippen LogP) is 3.02. The topological polar surface area (TPSA) is 57.5 Å². The number of hydrogen-bond acceptors (Lipinski definition) is 4. The molecule has 126 valence electrons. The molecule has 2 aromatic carbocycles. The van der Waals surface area contributed by atoms with Crippen LogP contribution in [0.3, 0.4) is 0 Å². The van der Waals surface area contributed by atoms with Crippen LogP contribution in [0.1, 0.15) is 17.0 Å². The summed E-state index contributed by atoms with van der Waals surface area (Å²) in [5, 5.41) is 1.01. The first-order chi connectivity index (χ1) is 12.1. The van der Waals surface area contributed by atoms with Crippen LogP contribution in [0.5, 0.6) is 5.75 Å². The predicted molar refractivity (Wildman–Crippen MR) is 92.3 cm³/mol. The zero-order chi connectivity index (χ0) is 17.6. The molecule has 0 fully saturated rings. The summed E-state index contributed by atoms with van der Waals surface area (Å²) in [6.45, 7) is 0. The number of ether oxygens (including phenoxy) is 2. The van der Waals surface area contributed by atoms with Crippen molar-refractivity contribution in [3.63, 3.8) is 0 Å². The van der Waals surface area contributed by atoms with Gasteiger partial charge in [-0.1, -0.05) is 36.4 Å². The highest BCUT2D eigenvalue weighted by atomic mass is 16.6. The Hall–Kier alpha value is -3.08. The second-order valence-corrected chi connectivity index (χ2v) is 6.15. The number of fused-ring (bicyclic) bond motifs is 2. The van der Waals surface area contributed by atoms with Gasteiger partial charge in [0.15, 0.2) is 5.92 Å². The molecule has 1 aliphatic heterocycles. The Balaban J connectivity index is 2.00. The fourth-order valence-corrected chi connectivity index (χ4v) is 3.65. The van der Waals surface area contributed by atoms with E-state index in [1.807, 2.05) is 60.3 Å². The highest BCUT2D eigenvalue weighted by Crippen LogP contribution is 2.44. The molecular formula is C20H17NO4. The van der Waals surface area contributed by atoms with Crippen LogP contribution in [-0.2, 0) is 21.4 Å². The standard InChI is InChI=1S/C20H17NO4/c1-21-11-14(12-7-3-5-9-15(12)21)17-13-8-4-6-10-16(13)25-20(23)18(17)19(22)24-2/h3-11,17-18H,1-2H3/t17-,18+/m0/s1. The zero-order valence-corrected chi connectivity index (χ0v) is 13.9. The summed E-state index contributed by atoms with van der Waals surface area (Å²) in [4.78, 5) is 24.9. The Morgan fingerprint density at radius 1 is 1.08 bits per heavy atom. The number of benzene rings is 2. The first-order valence-electron chi connectivity index (χ1n) is 8.04. The molecule has 4 rings (SSSR count). The fourth-order valence-electron chi connectivity index (χ4n) is 3.65. The molecule has 2 heterocycles. The number of para-hydroxylation sites is 2. The van der Waals surface area contributed by atoms with Gasteiger partial charge in [0.05, 0.1) is 7.11 Å². The van der Waals surface area contributed by atoms with Crippen LogP contribution in [0, 0.1) is 5.92 Å². The van der Waals surface area contributed by atoms with E-state index in [9.17, 15) is 9.59 Å². The van der Waals surface area contributed by atoms with Gasteiger partial charge in [-0.2, -0.15) is 0 Å². The Morgan fingerprint density at radius 3 is 2.60 bits per heavy atom. The number of esters is 2. The monoisotopic (exact) mass is 335 g/mol. The molecule has 1 aliphatic rings. The number of carbonyl (C=O) groups excluding carboxylic acids is 2. The van der Waals surface area contributed by atoms with Gasteiger partial charge in [0.2, 0.25) is 0 Å². The average Bonchev–Trinajstić information content (AvgIpc) is 2.97. The van der Waals surface area contributed by atoms with Crippen LogP contribution in [0.25, 0.3) is 10.9 Å². The molecule has 0 aliphatic carbocycles. The molecule has 2 atom stereocenters. The Bertz CT molecular complexity index is 988. The largest absolute Gasteiger partial charge is 0.468 e. The third-order valence-corrected chi connectivity index (χ3v) is 4.77. The minimum absolute atomic E-state index is 0.448. The number of hydrogen-bond donors (Lipinski definition) is 0. The van der Waals surface area contributed by atoms with E-state index in [0.29, 0.717) is 5.75 Å². The van der Waals surface area contributed by atoms with Gasteiger partial charge < -0.3 is 14.0 Å². The van der Waals surface area contributed by atoms with Gasteiger partial charge in [-0.25, -0.2) is 0 Å². The van der Waals surface area contributed by atoms with Crippen molar-refractivity contribution in [2.24, 2.45) is 13.0 Å². The van der Waals surface area contributed by atoms with Crippen molar-refractivity contribution < 1.29 is 19.1 Å². The van der Waals surface area contributed by atoms with Crippen molar-refractivity contribution >= 4 is 22.8 Å². The summed E-state index contributed by atoms with van der Waals surface area (Å²) >= 11 is 0. The molecular weight excluding hydrogens is 318 g/mol. The van der Waals surface area contributed by atoms with Crippen LogP contribution in [-0.4, -0.2) is 23.6 Å². The van der Waals surface area contributed by atoms with E-state index in [-0.39, 0.29) is 0 Å². The van der Waals surface area contributed by atoms with Gasteiger partial charge in [-0.3, -0.25) is 9.59 Å². The lowest BCUT2D eigenvalue weighted by atomic mass is 9.78. The van der Waals surface area contributed by atoms with E-state index < -0.39 is 23.8 Å². The minimum atomic E-state index is -1.02. The molecule has 0 saturated carbocycles. The second-order valence-electron chi connectivity index (χ2n) is 6.15. The van der Waals surface area contributed by atoms with E-state index >= 15 is 0 Å². The van der Waals surface area contributed by atoms with Crippen LogP contribution in [0.4, 0.5) is 0 Å². The Morgan fingerprint density at radius 2 is 1.80 bits per heavy atom. The highest BCUT2D eigenvalue weighted by molar-refractivity contribution is 6.00. The number of nitrogens with zero attached hydrogens (tertiary/aromatic N) is 1. The molecule has 5 heteroatoms. The fraction of sp³-hybridized carbons (Fsp3) is 0.200. The molecule has 0 saturated heterocycles. The molecule has 3 aromatic rings. The number of aryl methyl sites for hydroxylation is 1. The van der Waals surface area contributed by atoms with Crippen LogP contribution in [0.2, 0.25) is 0 Å². The maximum absolute atomic E-state index is 12.6. The normalized spacial score (nSPS) is 19.4. The van der Waals surface area contributed by atoms with Gasteiger partial charge in [0.25, 0.3) is 0 Å². The summed E-state index contributed by atoms with van der Waals surface area (Å²) in [5.74, 6) is -2.15. The molecule has 0 spiro atoms. The second kappa shape index (κ2) is 5.77. The van der Waals surface area contributed by atoms with E-state index in [1.165, 1.54) is 7.11 Å². The summed E-state index contributed by atoms with van der Waals surface area (Å²) in [6, 6.07) is 15.3. The minimum Gasteiger partial charge on any atom is -0.468 e. The van der Waals surface area contributed by atoms with Gasteiger partial charge in [-0.05, 0) is 17.7 Å². The number of carbonyl (C=O) groups is 2. The van der Waals surface area contributed by atoms with Crippen LogP contribution < -0.4 is 4.74 Å². The van der Waals surface area contributed by atoms with Gasteiger partial charge in [-0.15, -0.1) is 0 Å². The lowest BCUT2D eigenvalue weighted by molar-refractivity contribution is -0.157. The van der Waals surface area contributed by atoms with E-state index in [2.05, 4.69) is 0 Å². The third-order valence-electron chi connectivity index (χ3n) is 4.77. The van der Waals surface area contributed by atoms with Crippen LogP contribution >= 0.6 is 0 Å². The molecule has 25 heavy (non-hydrogen) atoms. The van der Waals surface area contributed by atoms with E-state index in [0.717, 1.165) is 22.0 Å². The molecule has 0 N–H and O–H groups in total. The molecule has 0 bridgehead atoms. The molecule has 0 unspecified atom stereocenters. The third kappa shape index (κ3) is 2.31. The smallest absolute Gasteiger partial charge is 0.326 e. The van der Waals surface area contributed by atoms with Crippen molar-refractivity contribution in [3.05, 3.63) is 65.9 Å². The number of aromatic nitrogens is 1. The van der Waals surface area contributed by atoms with Crippen molar-refractivity contribution in [3.8, 4) is 5.75 Å². The molecule has 1 aromatic heterocycles. The molecule has 5 nitrogen and oxygen atoms in total. The van der Waals surface area contributed by atoms with Crippen molar-refractivity contribution in [2.45, 2.75) is 5.92 Å². The van der Waals surface area contributed by atoms with E-state index in [1.54, 1.807) is 6.07 Å². The SMILES string of the molecule is COC(=O)[C@@H]1C(=O)Oc2ccccc2[C@H]1c1cn(C)c2ccccc12. The zero-order valence-electron chi connectivity index (χ0n) is 13.9. The quantitative estimate of drug-likeness (QED) is 0.410. The van der Waals surface area contributed by atoms with E-state index in [4.69, 9.17) is 9.47 Å². The molecule has 0 radical (unpaired) electrons. The van der Waals surface area contributed by atoms with Crippen molar-refractivity contribution in [1.82, 2.24) is 4.57 Å². The Kier molecular flexibility index (Phi) is 3.57. The number of rotatable bonds is 2. The first kappa shape index (κ1) is 15.4. The highest BCUT2D eigenvalue weighted by Gasteiger charge is 2.45. The van der Waals surface area contributed by atoms with Gasteiger partial charge in [0, 0.05) is 35.6 Å². The van der Waals surface area contributed by atoms with Crippen molar-refractivity contribution in [2.75, 3.05) is 7.11 Å². The summed E-state index contributed by atoms with van der Waals surface area (Å²) in [7, 11) is 3.24. The Labute approximate surface area is 144 Å². The molecule has 0 amide bonds. The summed E-state index contributed by atoms with van der Waals surface area (Å²) in [6.07, 6.45) is 1.97. The lowest BCUT2D eigenvalue weighted by Gasteiger charge is -2.30. The summed E-state index contributed by atoms with van der Waals surface area (Å²) < 4.78 is 12.3. The summed E-state index contributed by atoms with van der Waals surface area (Å²) in [5.41, 5.74) is 2.77.